The zero-order chi connectivity index (χ0) is 25.8. The van der Waals surface area contributed by atoms with Gasteiger partial charge in [0.05, 0.1) is 17.9 Å². The Morgan fingerprint density at radius 1 is 1.03 bits per heavy atom. The first-order valence-electron chi connectivity index (χ1n) is 11.5. The topological polar surface area (TPSA) is 102 Å². The number of thioether (sulfide) groups is 1. The smallest absolute Gasteiger partial charge is 0.338 e. The molecule has 0 atom stereocenters. The van der Waals surface area contributed by atoms with E-state index in [0.29, 0.717) is 34.5 Å². The maximum absolute atomic E-state index is 13.7. The number of ether oxygens (including phenoxy) is 1. The minimum atomic E-state index is -0.415. The second kappa shape index (κ2) is 10.7. The summed E-state index contributed by atoms with van der Waals surface area (Å²) in [5.74, 6) is -0.389. The number of aromatic amines is 1. The number of carbonyl (C=O) groups is 2. The van der Waals surface area contributed by atoms with Gasteiger partial charge in [-0.05, 0) is 61.5 Å². The van der Waals surface area contributed by atoms with Crippen LogP contribution >= 0.6 is 11.8 Å². The highest BCUT2D eigenvalue weighted by Crippen LogP contribution is 2.32. The molecule has 0 bridgehead atoms. The highest BCUT2D eigenvalue weighted by Gasteiger charge is 2.20. The molecule has 186 valence electrons. The molecule has 0 fully saturated rings. The van der Waals surface area contributed by atoms with Crippen molar-refractivity contribution in [2.45, 2.75) is 12.1 Å². The molecule has 0 saturated carbocycles. The van der Waals surface area contributed by atoms with Gasteiger partial charge in [0, 0.05) is 34.0 Å². The summed E-state index contributed by atoms with van der Waals surface area (Å²) in [6, 6.07) is 20.3. The molecule has 2 N–H and O–H groups in total. The molecule has 8 nitrogen and oxygen atoms in total. The van der Waals surface area contributed by atoms with E-state index in [1.54, 1.807) is 47.9 Å². The van der Waals surface area contributed by atoms with E-state index in [2.05, 4.69) is 20.5 Å². The van der Waals surface area contributed by atoms with Gasteiger partial charge in [0.15, 0.2) is 11.0 Å². The number of H-pyrrole nitrogens is 1. The van der Waals surface area contributed by atoms with Crippen LogP contribution in [0.5, 0.6) is 0 Å². The number of nitrogens with zero attached hydrogens (tertiary/aromatic N) is 3. The Balaban J connectivity index is 1.37. The molecule has 5 aromatic rings. The van der Waals surface area contributed by atoms with Gasteiger partial charge in [-0.1, -0.05) is 30.0 Å². The minimum Gasteiger partial charge on any atom is -0.462 e. The first-order valence-corrected chi connectivity index (χ1v) is 12.5. The molecule has 0 spiro atoms. The largest absolute Gasteiger partial charge is 0.462 e. The van der Waals surface area contributed by atoms with Crippen molar-refractivity contribution in [3.63, 3.8) is 0 Å². The normalized spacial score (nSPS) is 11.0. The van der Waals surface area contributed by atoms with Crippen LogP contribution in [0.4, 0.5) is 10.1 Å². The van der Waals surface area contributed by atoms with E-state index in [1.165, 1.54) is 23.9 Å². The quantitative estimate of drug-likeness (QED) is 0.210. The molecule has 0 unspecified atom stereocenters. The Labute approximate surface area is 215 Å². The highest BCUT2D eigenvalue weighted by molar-refractivity contribution is 7.99. The number of esters is 1. The molecular formula is C27H22FN5O3S. The van der Waals surface area contributed by atoms with Crippen LogP contribution in [0.2, 0.25) is 0 Å². The predicted molar refractivity (Wildman–Crippen MR) is 140 cm³/mol. The van der Waals surface area contributed by atoms with Gasteiger partial charge in [-0.2, -0.15) is 0 Å². The molecule has 0 aliphatic carbocycles. The number of carbonyl (C=O) groups excluding carboxylic acids is 2. The fraction of sp³-hybridized carbons (Fsp3) is 0.111. The third-order valence-corrected chi connectivity index (χ3v) is 6.49. The Morgan fingerprint density at radius 2 is 1.78 bits per heavy atom. The van der Waals surface area contributed by atoms with Crippen molar-refractivity contribution in [2.24, 2.45) is 0 Å². The minimum absolute atomic E-state index is 0.0623. The van der Waals surface area contributed by atoms with Crippen LogP contribution in [-0.4, -0.2) is 44.0 Å². The van der Waals surface area contributed by atoms with Gasteiger partial charge >= 0.3 is 5.97 Å². The lowest BCUT2D eigenvalue weighted by molar-refractivity contribution is -0.113. The van der Waals surface area contributed by atoms with Crippen LogP contribution in [0.3, 0.4) is 0 Å². The summed E-state index contributed by atoms with van der Waals surface area (Å²) in [6.45, 7) is 2.03. The molecule has 0 aliphatic heterocycles. The molecular weight excluding hydrogens is 493 g/mol. The van der Waals surface area contributed by atoms with E-state index in [9.17, 15) is 14.0 Å². The van der Waals surface area contributed by atoms with Gasteiger partial charge in [0.25, 0.3) is 0 Å². The fourth-order valence-electron chi connectivity index (χ4n) is 3.85. The third kappa shape index (κ3) is 5.24. The number of hydrogen-bond donors (Lipinski definition) is 2. The first-order chi connectivity index (χ1) is 18.0. The number of amides is 1. The van der Waals surface area contributed by atoms with Gasteiger partial charge in [-0.25, -0.2) is 9.18 Å². The summed E-state index contributed by atoms with van der Waals surface area (Å²) < 4.78 is 20.4. The standard InChI is InChI=1S/C27H22FN5O3S/c1-2-36-26(35)17-7-11-19(12-8-17)30-24(34)16-37-27-32-31-25(33(27)20-13-9-18(28)10-14-20)22-15-29-23-6-4-3-5-21(22)23/h3-15,29H,2,16H2,1H3,(H,30,34). The zero-order valence-corrected chi connectivity index (χ0v) is 20.6. The maximum atomic E-state index is 13.7. The molecule has 5 rings (SSSR count). The van der Waals surface area contributed by atoms with Crippen LogP contribution in [0, 0.1) is 5.82 Å². The lowest BCUT2D eigenvalue weighted by atomic mass is 10.1. The SMILES string of the molecule is CCOC(=O)c1ccc(NC(=O)CSc2nnc(-c3c[nH]c4ccccc34)n2-c2ccc(F)cc2)cc1. The number of benzene rings is 3. The van der Waals surface area contributed by atoms with Crippen molar-refractivity contribution in [2.75, 3.05) is 17.7 Å². The molecule has 0 radical (unpaired) electrons. The van der Waals surface area contributed by atoms with E-state index in [1.807, 2.05) is 30.5 Å². The van der Waals surface area contributed by atoms with Gasteiger partial charge < -0.3 is 15.0 Å². The number of aromatic nitrogens is 4. The number of halogens is 1. The van der Waals surface area contributed by atoms with Crippen LogP contribution in [0.25, 0.3) is 28.0 Å². The first kappa shape index (κ1) is 24.3. The monoisotopic (exact) mass is 515 g/mol. The molecule has 37 heavy (non-hydrogen) atoms. The maximum Gasteiger partial charge on any atom is 0.338 e. The van der Waals surface area contributed by atoms with Gasteiger partial charge in [-0.3, -0.25) is 9.36 Å². The van der Waals surface area contributed by atoms with Crippen molar-refractivity contribution in [1.29, 1.82) is 0 Å². The van der Waals surface area contributed by atoms with Crippen molar-refractivity contribution >= 4 is 40.2 Å². The number of fused-ring (bicyclic) bond motifs is 1. The molecule has 0 aliphatic rings. The van der Waals surface area contributed by atoms with Crippen LogP contribution < -0.4 is 5.32 Å². The third-order valence-electron chi connectivity index (χ3n) is 5.56. The van der Waals surface area contributed by atoms with E-state index < -0.39 is 5.97 Å². The Morgan fingerprint density at radius 3 is 2.54 bits per heavy atom. The molecule has 2 aromatic heterocycles. The molecule has 10 heteroatoms. The molecule has 2 heterocycles. The second-order valence-electron chi connectivity index (χ2n) is 8.00. The molecule has 1 amide bonds. The summed E-state index contributed by atoms with van der Waals surface area (Å²) in [5.41, 5.74) is 3.42. The lowest BCUT2D eigenvalue weighted by Crippen LogP contribution is -2.15. The van der Waals surface area contributed by atoms with Crippen molar-refractivity contribution in [1.82, 2.24) is 19.7 Å². The van der Waals surface area contributed by atoms with Gasteiger partial charge in [0.2, 0.25) is 5.91 Å². The molecule has 0 saturated heterocycles. The van der Waals surface area contributed by atoms with Crippen LogP contribution in [-0.2, 0) is 9.53 Å². The summed E-state index contributed by atoms with van der Waals surface area (Å²) in [6.07, 6.45) is 1.86. The Kier molecular flexibility index (Phi) is 7.00. The Bertz CT molecular complexity index is 1560. The number of nitrogens with one attached hydrogen (secondary N) is 2. The van der Waals surface area contributed by atoms with E-state index >= 15 is 0 Å². The van der Waals surface area contributed by atoms with E-state index in [4.69, 9.17) is 4.74 Å². The average Bonchev–Trinajstić information content (AvgIpc) is 3.52. The zero-order valence-electron chi connectivity index (χ0n) is 19.8. The number of anilines is 1. The number of para-hydroxylation sites is 1. The van der Waals surface area contributed by atoms with Crippen LogP contribution in [0.15, 0.2) is 84.1 Å². The van der Waals surface area contributed by atoms with Crippen molar-refractivity contribution < 1.29 is 18.7 Å². The van der Waals surface area contributed by atoms with E-state index in [-0.39, 0.29) is 17.5 Å². The average molecular weight is 516 g/mol. The lowest BCUT2D eigenvalue weighted by Gasteiger charge is -2.10. The predicted octanol–water partition coefficient (Wildman–Crippen LogP) is 5.46. The van der Waals surface area contributed by atoms with Crippen molar-refractivity contribution in [3.05, 3.63) is 90.4 Å². The van der Waals surface area contributed by atoms with Crippen LogP contribution in [0.1, 0.15) is 17.3 Å². The molecule has 3 aromatic carbocycles. The number of hydrogen-bond acceptors (Lipinski definition) is 6. The van der Waals surface area contributed by atoms with Gasteiger partial charge in [0.1, 0.15) is 5.82 Å². The van der Waals surface area contributed by atoms with Crippen molar-refractivity contribution in [3.8, 4) is 17.1 Å². The highest BCUT2D eigenvalue weighted by atomic mass is 32.2. The summed E-state index contributed by atoms with van der Waals surface area (Å²) >= 11 is 1.21. The summed E-state index contributed by atoms with van der Waals surface area (Å²) in [5, 5.41) is 13.0. The summed E-state index contributed by atoms with van der Waals surface area (Å²) in [7, 11) is 0. The second-order valence-corrected chi connectivity index (χ2v) is 8.94. The Hall–Kier alpha value is -4.44. The fourth-order valence-corrected chi connectivity index (χ4v) is 4.60. The van der Waals surface area contributed by atoms with E-state index in [0.717, 1.165) is 16.5 Å². The van der Waals surface area contributed by atoms with Gasteiger partial charge in [-0.15, -0.1) is 10.2 Å². The number of rotatable bonds is 8. The summed E-state index contributed by atoms with van der Waals surface area (Å²) in [4.78, 5) is 27.7.